The molecule has 0 saturated carbocycles. The third-order valence-electron chi connectivity index (χ3n) is 3.13. The molecular formula is C13H21N3O. The molecule has 2 heterocycles. The summed E-state index contributed by atoms with van der Waals surface area (Å²) in [6.07, 6.45) is 5.86. The fourth-order valence-corrected chi connectivity index (χ4v) is 2.21. The van der Waals surface area contributed by atoms with E-state index >= 15 is 0 Å². The third kappa shape index (κ3) is 4.42. The van der Waals surface area contributed by atoms with Gasteiger partial charge in [-0.25, -0.2) is 0 Å². The molecule has 0 aromatic carbocycles. The second kappa shape index (κ2) is 6.69. The second-order valence-corrected chi connectivity index (χ2v) is 4.65. The van der Waals surface area contributed by atoms with Crippen LogP contribution in [0, 0.1) is 0 Å². The first-order valence-corrected chi connectivity index (χ1v) is 6.34. The molecule has 1 fully saturated rings. The van der Waals surface area contributed by atoms with Gasteiger partial charge < -0.3 is 15.3 Å². The minimum Gasteiger partial charge on any atom is -0.390 e. The Balaban J connectivity index is 1.61. The summed E-state index contributed by atoms with van der Waals surface area (Å²) < 4.78 is 0. The first-order chi connectivity index (χ1) is 8.34. The molecule has 4 nitrogen and oxygen atoms in total. The highest BCUT2D eigenvalue weighted by atomic mass is 16.3. The van der Waals surface area contributed by atoms with Crippen molar-refractivity contribution < 1.29 is 5.11 Å². The van der Waals surface area contributed by atoms with E-state index in [4.69, 9.17) is 0 Å². The van der Waals surface area contributed by atoms with Gasteiger partial charge in [-0.05, 0) is 43.6 Å². The summed E-state index contributed by atoms with van der Waals surface area (Å²) in [5.74, 6) is 0. The maximum atomic E-state index is 9.87. The first-order valence-electron chi connectivity index (χ1n) is 6.34. The molecule has 94 valence electrons. The SMILES string of the molecule is OC(CNCc1ccncc1)CN1CCCC1. The summed E-state index contributed by atoms with van der Waals surface area (Å²) in [6, 6.07) is 3.97. The molecule has 0 amide bonds. The number of hydrogen-bond donors (Lipinski definition) is 2. The zero-order chi connectivity index (χ0) is 11.9. The van der Waals surface area contributed by atoms with Crippen molar-refractivity contribution in [2.45, 2.75) is 25.5 Å². The molecule has 0 radical (unpaired) electrons. The number of nitrogens with zero attached hydrogens (tertiary/aromatic N) is 2. The minimum absolute atomic E-state index is 0.269. The summed E-state index contributed by atoms with van der Waals surface area (Å²) in [4.78, 5) is 6.31. The molecule has 1 aromatic heterocycles. The predicted octanol–water partition coefficient (Wildman–Crippen LogP) is 0.628. The van der Waals surface area contributed by atoms with E-state index in [0.717, 1.165) is 26.2 Å². The summed E-state index contributed by atoms with van der Waals surface area (Å²) in [7, 11) is 0. The van der Waals surface area contributed by atoms with Gasteiger partial charge in [0.15, 0.2) is 0 Å². The molecular weight excluding hydrogens is 214 g/mol. The predicted molar refractivity (Wildman–Crippen MR) is 67.6 cm³/mol. The zero-order valence-corrected chi connectivity index (χ0v) is 10.2. The molecule has 17 heavy (non-hydrogen) atoms. The van der Waals surface area contributed by atoms with Crippen LogP contribution in [0.4, 0.5) is 0 Å². The van der Waals surface area contributed by atoms with Crippen molar-refractivity contribution in [3.05, 3.63) is 30.1 Å². The van der Waals surface area contributed by atoms with Gasteiger partial charge in [-0.15, -0.1) is 0 Å². The Hall–Kier alpha value is -0.970. The number of aliphatic hydroxyl groups excluding tert-OH is 1. The molecule has 1 aliphatic heterocycles. The Morgan fingerprint density at radius 3 is 2.71 bits per heavy atom. The van der Waals surface area contributed by atoms with Crippen molar-refractivity contribution in [1.82, 2.24) is 15.2 Å². The number of aliphatic hydroxyl groups is 1. The summed E-state index contributed by atoms with van der Waals surface area (Å²) in [6.45, 7) is 4.52. The molecule has 2 rings (SSSR count). The highest BCUT2D eigenvalue weighted by Crippen LogP contribution is 2.07. The molecule has 0 aliphatic carbocycles. The second-order valence-electron chi connectivity index (χ2n) is 4.65. The molecule has 1 aliphatic rings. The molecule has 1 unspecified atom stereocenters. The number of aromatic nitrogens is 1. The zero-order valence-electron chi connectivity index (χ0n) is 10.2. The van der Waals surface area contributed by atoms with Crippen LogP contribution < -0.4 is 5.32 Å². The van der Waals surface area contributed by atoms with E-state index in [0.29, 0.717) is 6.54 Å². The van der Waals surface area contributed by atoms with E-state index in [9.17, 15) is 5.11 Å². The number of hydrogen-bond acceptors (Lipinski definition) is 4. The van der Waals surface area contributed by atoms with Crippen LogP contribution in [0.1, 0.15) is 18.4 Å². The van der Waals surface area contributed by atoms with Crippen LogP contribution in [0.5, 0.6) is 0 Å². The molecule has 4 heteroatoms. The van der Waals surface area contributed by atoms with E-state index in [1.165, 1.54) is 18.4 Å². The Kier molecular flexibility index (Phi) is 4.91. The number of rotatable bonds is 6. The van der Waals surface area contributed by atoms with Crippen LogP contribution in [-0.4, -0.2) is 47.3 Å². The van der Waals surface area contributed by atoms with Crippen LogP contribution in [0.25, 0.3) is 0 Å². The van der Waals surface area contributed by atoms with Crippen molar-refractivity contribution in [2.75, 3.05) is 26.2 Å². The quantitative estimate of drug-likeness (QED) is 0.759. The lowest BCUT2D eigenvalue weighted by Crippen LogP contribution is -2.36. The van der Waals surface area contributed by atoms with Crippen LogP contribution in [0.3, 0.4) is 0 Å². The minimum atomic E-state index is -0.269. The Labute approximate surface area is 103 Å². The van der Waals surface area contributed by atoms with Gasteiger partial charge >= 0.3 is 0 Å². The molecule has 2 N–H and O–H groups in total. The van der Waals surface area contributed by atoms with Gasteiger partial charge in [0.1, 0.15) is 0 Å². The van der Waals surface area contributed by atoms with Crippen molar-refractivity contribution in [3.63, 3.8) is 0 Å². The number of nitrogens with one attached hydrogen (secondary N) is 1. The van der Waals surface area contributed by atoms with Gasteiger partial charge in [-0.3, -0.25) is 4.98 Å². The van der Waals surface area contributed by atoms with E-state index in [2.05, 4.69) is 15.2 Å². The molecule has 1 saturated heterocycles. The van der Waals surface area contributed by atoms with Crippen LogP contribution >= 0.6 is 0 Å². The van der Waals surface area contributed by atoms with Gasteiger partial charge in [0.25, 0.3) is 0 Å². The van der Waals surface area contributed by atoms with Gasteiger partial charge in [-0.1, -0.05) is 0 Å². The summed E-state index contributed by atoms with van der Waals surface area (Å²) in [5, 5.41) is 13.1. The normalized spacial score (nSPS) is 18.4. The summed E-state index contributed by atoms with van der Waals surface area (Å²) in [5.41, 5.74) is 1.20. The van der Waals surface area contributed by atoms with Crippen LogP contribution in [-0.2, 0) is 6.54 Å². The average Bonchev–Trinajstić information content (AvgIpc) is 2.83. The largest absolute Gasteiger partial charge is 0.390 e. The van der Waals surface area contributed by atoms with E-state index < -0.39 is 0 Å². The average molecular weight is 235 g/mol. The van der Waals surface area contributed by atoms with E-state index in [1.54, 1.807) is 12.4 Å². The first kappa shape index (κ1) is 12.5. The van der Waals surface area contributed by atoms with Gasteiger partial charge in [0.2, 0.25) is 0 Å². The Morgan fingerprint density at radius 1 is 1.29 bits per heavy atom. The van der Waals surface area contributed by atoms with Gasteiger partial charge in [-0.2, -0.15) is 0 Å². The highest BCUT2D eigenvalue weighted by Gasteiger charge is 2.15. The lowest BCUT2D eigenvalue weighted by atomic mass is 10.2. The van der Waals surface area contributed by atoms with Crippen molar-refractivity contribution in [1.29, 1.82) is 0 Å². The smallest absolute Gasteiger partial charge is 0.0791 e. The maximum absolute atomic E-state index is 9.87. The molecule has 0 spiro atoms. The lowest BCUT2D eigenvalue weighted by molar-refractivity contribution is 0.123. The number of likely N-dealkylation sites (tertiary alicyclic amines) is 1. The van der Waals surface area contributed by atoms with Crippen LogP contribution in [0.2, 0.25) is 0 Å². The monoisotopic (exact) mass is 235 g/mol. The van der Waals surface area contributed by atoms with Gasteiger partial charge in [0, 0.05) is 32.0 Å². The van der Waals surface area contributed by atoms with E-state index in [1.807, 2.05) is 12.1 Å². The third-order valence-corrected chi connectivity index (χ3v) is 3.13. The maximum Gasteiger partial charge on any atom is 0.0791 e. The number of β-amino-alcohol motifs (C(OH)–C–C–N with tert-alkyl or cyclic N) is 1. The molecule has 1 aromatic rings. The fourth-order valence-electron chi connectivity index (χ4n) is 2.21. The van der Waals surface area contributed by atoms with Gasteiger partial charge in [0.05, 0.1) is 6.10 Å². The van der Waals surface area contributed by atoms with Crippen molar-refractivity contribution in [2.24, 2.45) is 0 Å². The Morgan fingerprint density at radius 2 is 2.00 bits per heavy atom. The van der Waals surface area contributed by atoms with Crippen molar-refractivity contribution in [3.8, 4) is 0 Å². The summed E-state index contributed by atoms with van der Waals surface area (Å²) >= 11 is 0. The fraction of sp³-hybridized carbons (Fsp3) is 0.615. The number of pyridine rings is 1. The molecule has 0 bridgehead atoms. The standard InChI is InChI=1S/C13H21N3O/c17-13(11-16-7-1-2-8-16)10-15-9-12-3-5-14-6-4-12/h3-6,13,15,17H,1-2,7-11H2. The lowest BCUT2D eigenvalue weighted by Gasteiger charge is -2.19. The molecule has 1 atom stereocenters. The highest BCUT2D eigenvalue weighted by molar-refractivity contribution is 5.08. The van der Waals surface area contributed by atoms with Crippen LogP contribution in [0.15, 0.2) is 24.5 Å². The van der Waals surface area contributed by atoms with Crippen molar-refractivity contribution >= 4 is 0 Å². The Bertz CT molecular complexity index is 312. The topological polar surface area (TPSA) is 48.4 Å². The van der Waals surface area contributed by atoms with E-state index in [-0.39, 0.29) is 6.10 Å².